The number of hydrogen-bond acceptors (Lipinski definition) is 6. The molecule has 122 valence electrons. The fourth-order valence-electron chi connectivity index (χ4n) is 2.82. The van der Waals surface area contributed by atoms with Gasteiger partial charge in [-0.2, -0.15) is 0 Å². The van der Waals surface area contributed by atoms with Crippen LogP contribution in [0.3, 0.4) is 0 Å². The highest BCUT2D eigenvalue weighted by Crippen LogP contribution is 2.29. The SMILES string of the molecule is COc1cccc2nc(N3CCN(C)CC3)nc(CC(N)=O)c12. The molecule has 2 N–H and O–H groups in total. The van der Waals surface area contributed by atoms with Crippen molar-refractivity contribution >= 4 is 22.8 Å². The molecule has 1 fully saturated rings. The third-order valence-corrected chi connectivity index (χ3v) is 4.10. The Labute approximate surface area is 135 Å². The van der Waals surface area contributed by atoms with Gasteiger partial charge in [-0.05, 0) is 19.2 Å². The van der Waals surface area contributed by atoms with Crippen LogP contribution in [0.5, 0.6) is 5.75 Å². The van der Waals surface area contributed by atoms with Crippen LogP contribution in [0.4, 0.5) is 5.95 Å². The molecule has 1 aromatic carbocycles. The molecular formula is C16H21N5O2. The fraction of sp³-hybridized carbons (Fsp3) is 0.438. The lowest BCUT2D eigenvalue weighted by Crippen LogP contribution is -2.45. The minimum atomic E-state index is -0.416. The van der Waals surface area contributed by atoms with Crippen LogP contribution in [-0.2, 0) is 11.2 Å². The molecule has 3 rings (SSSR count). The standard InChI is InChI=1S/C16H21N5O2/c1-20-6-8-21(9-7-20)16-18-11-4-3-5-13(23-2)15(11)12(19-16)10-14(17)22/h3-5H,6-10H2,1-2H3,(H2,17,22). The molecule has 1 amide bonds. The zero-order chi connectivity index (χ0) is 16.4. The quantitative estimate of drug-likeness (QED) is 0.880. The molecule has 1 aliphatic heterocycles. The van der Waals surface area contributed by atoms with Crippen molar-refractivity contribution in [3.8, 4) is 5.75 Å². The first kappa shape index (κ1) is 15.5. The summed E-state index contributed by atoms with van der Waals surface area (Å²) in [6.07, 6.45) is 0.0696. The van der Waals surface area contributed by atoms with Crippen molar-refractivity contribution in [3.63, 3.8) is 0 Å². The van der Waals surface area contributed by atoms with E-state index in [2.05, 4.69) is 26.8 Å². The number of benzene rings is 1. The number of hydrogen-bond donors (Lipinski definition) is 1. The third-order valence-electron chi connectivity index (χ3n) is 4.10. The van der Waals surface area contributed by atoms with Crippen molar-refractivity contribution in [2.75, 3.05) is 45.2 Å². The lowest BCUT2D eigenvalue weighted by molar-refractivity contribution is -0.117. The summed E-state index contributed by atoms with van der Waals surface area (Å²) in [5, 5.41) is 0.756. The van der Waals surface area contributed by atoms with Gasteiger partial charge in [0, 0.05) is 26.2 Å². The van der Waals surface area contributed by atoms with Crippen LogP contribution in [-0.4, -0.2) is 61.1 Å². The molecule has 0 atom stereocenters. The fourth-order valence-corrected chi connectivity index (χ4v) is 2.82. The maximum atomic E-state index is 11.4. The Morgan fingerprint density at radius 1 is 1.26 bits per heavy atom. The van der Waals surface area contributed by atoms with Crippen molar-refractivity contribution in [3.05, 3.63) is 23.9 Å². The predicted molar refractivity (Wildman–Crippen MR) is 88.7 cm³/mol. The average Bonchev–Trinajstić information content (AvgIpc) is 2.54. The summed E-state index contributed by atoms with van der Waals surface area (Å²) in [4.78, 5) is 25.1. The summed E-state index contributed by atoms with van der Waals surface area (Å²) < 4.78 is 5.40. The molecule has 0 radical (unpaired) electrons. The highest BCUT2D eigenvalue weighted by molar-refractivity contribution is 5.91. The number of fused-ring (bicyclic) bond motifs is 1. The monoisotopic (exact) mass is 315 g/mol. The van der Waals surface area contributed by atoms with Gasteiger partial charge in [-0.25, -0.2) is 9.97 Å². The summed E-state index contributed by atoms with van der Waals surface area (Å²) in [5.41, 5.74) is 6.78. The summed E-state index contributed by atoms with van der Waals surface area (Å²) in [6, 6.07) is 5.63. The Hall–Kier alpha value is -2.41. The van der Waals surface area contributed by atoms with E-state index in [0.29, 0.717) is 17.4 Å². The molecule has 0 unspecified atom stereocenters. The van der Waals surface area contributed by atoms with Crippen molar-refractivity contribution in [2.24, 2.45) is 5.73 Å². The van der Waals surface area contributed by atoms with E-state index in [1.54, 1.807) is 7.11 Å². The second kappa shape index (κ2) is 6.37. The van der Waals surface area contributed by atoms with Crippen LogP contribution in [0.2, 0.25) is 0 Å². The lowest BCUT2D eigenvalue weighted by Gasteiger charge is -2.32. The van der Waals surface area contributed by atoms with Gasteiger partial charge in [0.25, 0.3) is 0 Å². The second-order valence-electron chi connectivity index (χ2n) is 5.76. The number of aromatic nitrogens is 2. The highest BCUT2D eigenvalue weighted by Gasteiger charge is 2.20. The number of nitrogens with two attached hydrogens (primary N) is 1. The molecule has 7 heteroatoms. The number of amides is 1. The largest absolute Gasteiger partial charge is 0.496 e. The van der Waals surface area contributed by atoms with E-state index in [4.69, 9.17) is 10.5 Å². The van der Waals surface area contributed by atoms with Gasteiger partial charge in [0.15, 0.2) is 0 Å². The van der Waals surface area contributed by atoms with E-state index >= 15 is 0 Å². The molecule has 1 aliphatic rings. The topological polar surface area (TPSA) is 84.6 Å². The van der Waals surface area contributed by atoms with E-state index in [9.17, 15) is 4.79 Å². The summed E-state index contributed by atoms with van der Waals surface area (Å²) in [5.74, 6) is 0.888. The highest BCUT2D eigenvalue weighted by atomic mass is 16.5. The molecule has 0 bridgehead atoms. The molecule has 23 heavy (non-hydrogen) atoms. The summed E-state index contributed by atoms with van der Waals surface area (Å²) in [7, 11) is 3.69. The number of carbonyl (C=O) groups is 1. The van der Waals surface area contributed by atoms with Gasteiger partial charge in [0.05, 0.1) is 30.1 Å². The zero-order valence-electron chi connectivity index (χ0n) is 13.5. The molecule has 2 heterocycles. The van der Waals surface area contributed by atoms with E-state index < -0.39 is 5.91 Å². The van der Waals surface area contributed by atoms with Crippen LogP contribution in [0, 0.1) is 0 Å². The molecule has 1 aromatic heterocycles. The van der Waals surface area contributed by atoms with E-state index in [-0.39, 0.29) is 6.42 Å². The minimum absolute atomic E-state index is 0.0696. The lowest BCUT2D eigenvalue weighted by atomic mass is 10.1. The first-order valence-electron chi connectivity index (χ1n) is 7.64. The maximum absolute atomic E-state index is 11.4. The first-order chi connectivity index (χ1) is 11.1. The molecule has 0 saturated carbocycles. The number of ether oxygens (including phenoxy) is 1. The van der Waals surface area contributed by atoms with E-state index in [1.165, 1.54) is 0 Å². The first-order valence-corrected chi connectivity index (χ1v) is 7.64. The number of methoxy groups -OCH3 is 1. The minimum Gasteiger partial charge on any atom is -0.496 e. The molecule has 2 aromatic rings. The van der Waals surface area contributed by atoms with E-state index in [0.717, 1.165) is 37.1 Å². The van der Waals surface area contributed by atoms with Crippen LogP contribution < -0.4 is 15.4 Å². The van der Waals surface area contributed by atoms with Crippen LogP contribution in [0.1, 0.15) is 5.69 Å². The summed E-state index contributed by atoms with van der Waals surface area (Å²) in [6.45, 7) is 3.65. The molecule has 7 nitrogen and oxygen atoms in total. The Morgan fingerprint density at radius 3 is 2.65 bits per heavy atom. The van der Waals surface area contributed by atoms with Gasteiger partial charge in [-0.15, -0.1) is 0 Å². The van der Waals surface area contributed by atoms with Crippen LogP contribution >= 0.6 is 0 Å². The maximum Gasteiger partial charge on any atom is 0.226 e. The number of piperazine rings is 1. The Kier molecular flexibility index (Phi) is 4.29. The Bertz CT molecular complexity index is 726. The normalized spacial score (nSPS) is 15.8. The third kappa shape index (κ3) is 3.19. The number of nitrogens with zero attached hydrogens (tertiary/aromatic N) is 4. The van der Waals surface area contributed by atoms with Gasteiger partial charge in [0.1, 0.15) is 5.75 Å². The van der Waals surface area contributed by atoms with Gasteiger partial charge < -0.3 is 20.3 Å². The molecule has 1 saturated heterocycles. The number of likely N-dealkylation sites (N-methyl/N-ethyl adjacent to an activating group) is 1. The Balaban J connectivity index is 2.08. The van der Waals surface area contributed by atoms with Gasteiger partial charge in [-0.1, -0.05) is 6.07 Å². The van der Waals surface area contributed by atoms with Gasteiger partial charge in [0.2, 0.25) is 11.9 Å². The molecule has 0 spiro atoms. The van der Waals surface area contributed by atoms with Crippen LogP contribution in [0.25, 0.3) is 10.9 Å². The Morgan fingerprint density at radius 2 is 2.00 bits per heavy atom. The van der Waals surface area contributed by atoms with Crippen molar-refractivity contribution in [1.29, 1.82) is 0 Å². The van der Waals surface area contributed by atoms with E-state index in [1.807, 2.05) is 18.2 Å². The van der Waals surface area contributed by atoms with Gasteiger partial charge >= 0.3 is 0 Å². The van der Waals surface area contributed by atoms with Crippen molar-refractivity contribution in [1.82, 2.24) is 14.9 Å². The van der Waals surface area contributed by atoms with Crippen molar-refractivity contribution < 1.29 is 9.53 Å². The second-order valence-corrected chi connectivity index (χ2v) is 5.76. The molecular weight excluding hydrogens is 294 g/mol. The number of anilines is 1. The number of primary amides is 1. The predicted octanol–water partition coefficient (Wildman–Crippen LogP) is 0.418. The number of rotatable bonds is 4. The zero-order valence-corrected chi connectivity index (χ0v) is 13.5. The molecule has 0 aliphatic carbocycles. The van der Waals surface area contributed by atoms with Crippen LogP contribution in [0.15, 0.2) is 18.2 Å². The summed E-state index contributed by atoms with van der Waals surface area (Å²) >= 11 is 0. The number of carbonyl (C=O) groups excluding carboxylic acids is 1. The average molecular weight is 315 g/mol. The van der Waals surface area contributed by atoms with Crippen molar-refractivity contribution in [2.45, 2.75) is 6.42 Å². The van der Waals surface area contributed by atoms with Gasteiger partial charge in [-0.3, -0.25) is 4.79 Å². The smallest absolute Gasteiger partial charge is 0.226 e.